The number of rotatable bonds is 17. The van der Waals surface area contributed by atoms with Gasteiger partial charge in [0, 0.05) is 42.7 Å². The summed E-state index contributed by atoms with van der Waals surface area (Å²) in [5.74, 6) is -0.114. The summed E-state index contributed by atoms with van der Waals surface area (Å²) < 4.78 is 0. The molecule has 0 aromatic heterocycles. The molecule has 42 heavy (non-hydrogen) atoms. The quantitative estimate of drug-likeness (QED) is 0.0879. The van der Waals surface area contributed by atoms with E-state index < -0.39 is 12.0 Å². The summed E-state index contributed by atoms with van der Waals surface area (Å²) >= 11 is 0. The minimum atomic E-state index is -0.463. The molecule has 0 heterocycles. The molecule has 1 N–H and O–H groups in total. The number of allylic oxidation sites excluding steroid dienone is 2. The Balaban J connectivity index is 0.000000973. The van der Waals surface area contributed by atoms with Gasteiger partial charge < -0.3 is 5.11 Å². The number of carbonyl (C=O) groups is 4. The molecule has 2 unspecified atom stereocenters. The average Bonchev–Trinajstić information content (AvgIpc) is 2.98. The van der Waals surface area contributed by atoms with E-state index in [1.165, 1.54) is 5.57 Å². The lowest BCUT2D eigenvalue weighted by atomic mass is 9.87. The van der Waals surface area contributed by atoms with Crippen molar-refractivity contribution in [1.82, 2.24) is 0 Å². The van der Waals surface area contributed by atoms with Crippen molar-refractivity contribution in [2.24, 2.45) is 5.92 Å². The number of hydrogen-bond acceptors (Lipinski definition) is 6. The van der Waals surface area contributed by atoms with Crippen molar-refractivity contribution in [3.8, 4) is 6.07 Å². The Kier molecular flexibility index (Phi) is 22.9. The zero-order chi connectivity index (χ0) is 31.6. The lowest BCUT2D eigenvalue weighted by Crippen LogP contribution is -2.20. The van der Waals surface area contributed by atoms with Gasteiger partial charge in [-0.05, 0) is 40.0 Å². The van der Waals surface area contributed by atoms with Gasteiger partial charge in [0.15, 0.2) is 5.78 Å². The zero-order valence-corrected chi connectivity index (χ0v) is 25.9. The Bertz CT molecular complexity index is 1100. The normalized spacial score (nSPS) is 11.2. The Morgan fingerprint density at radius 1 is 0.881 bits per heavy atom. The van der Waals surface area contributed by atoms with Crippen LogP contribution in [0.3, 0.4) is 0 Å². The van der Waals surface area contributed by atoms with Crippen LogP contribution in [-0.4, -0.2) is 34.8 Å². The van der Waals surface area contributed by atoms with Crippen LogP contribution in [-0.2, 0) is 9.59 Å². The summed E-state index contributed by atoms with van der Waals surface area (Å²) in [6.07, 6.45) is 9.79. The highest BCUT2D eigenvalue weighted by molar-refractivity contribution is 6.00. The van der Waals surface area contributed by atoms with Gasteiger partial charge in [0.1, 0.15) is 17.9 Å². The fraction of sp³-hybridized carbons (Fsp3) is 0.472. The molecule has 0 fully saturated rings. The van der Waals surface area contributed by atoms with E-state index in [4.69, 9.17) is 10.4 Å². The number of carbonyl (C=O) groups excluding carboxylic acids is 4. The van der Waals surface area contributed by atoms with E-state index in [0.717, 1.165) is 37.5 Å². The summed E-state index contributed by atoms with van der Waals surface area (Å²) in [6.45, 7) is 7.76. The van der Waals surface area contributed by atoms with Gasteiger partial charge in [0.2, 0.25) is 0 Å². The van der Waals surface area contributed by atoms with Crippen molar-refractivity contribution in [3.63, 3.8) is 0 Å². The standard InChI is InChI=1S/C25H36O3.C7H6O.C4H7NO/c1-4-5-6-10-15-23(26)18-17-22(19-24(27)16-11-12-20(2)3)25(28)21-13-8-7-9-14-21;8-6-7-4-2-1-3-5-7;1-4(6)2-3-5/h7-9,12-14,22H,4-6,10-11,15-19H2,1-3H3;1-6H;4,6H,2H2,1H3. The van der Waals surface area contributed by atoms with Gasteiger partial charge in [-0.2, -0.15) is 5.26 Å². The van der Waals surface area contributed by atoms with E-state index in [1.54, 1.807) is 31.2 Å². The molecule has 0 aliphatic carbocycles. The van der Waals surface area contributed by atoms with Crippen LogP contribution < -0.4 is 0 Å². The van der Waals surface area contributed by atoms with Gasteiger partial charge in [-0.1, -0.05) is 98.5 Å². The molecule has 0 spiro atoms. The van der Waals surface area contributed by atoms with Crippen molar-refractivity contribution in [2.45, 2.75) is 104 Å². The highest BCUT2D eigenvalue weighted by atomic mass is 16.3. The summed E-state index contributed by atoms with van der Waals surface area (Å²) in [5.41, 5.74) is 2.55. The zero-order valence-electron chi connectivity index (χ0n) is 25.9. The number of aliphatic hydroxyl groups excluding tert-OH is 1. The minimum absolute atomic E-state index is 0.0186. The largest absolute Gasteiger partial charge is 0.392 e. The van der Waals surface area contributed by atoms with Crippen molar-refractivity contribution in [1.29, 1.82) is 5.26 Å². The third kappa shape index (κ3) is 21.1. The third-order valence-electron chi connectivity index (χ3n) is 6.28. The number of ketones is 3. The fourth-order valence-corrected chi connectivity index (χ4v) is 3.94. The molecule has 0 aliphatic heterocycles. The highest BCUT2D eigenvalue weighted by Crippen LogP contribution is 2.21. The molecule has 2 aromatic rings. The number of aldehydes is 1. The van der Waals surface area contributed by atoms with Crippen molar-refractivity contribution in [2.75, 3.05) is 0 Å². The Labute approximate surface area is 252 Å². The summed E-state index contributed by atoms with van der Waals surface area (Å²) in [4.78, 5) is 47.5. The molecule has 228 valence electrons. The Morgan fingerprint density at radius 2 is 1.50 bits per heavy atom. The monoisotopic (exact) mass is 575 g/mol. The van der Waals surface area contributed by atoms with E-state index >= 15 is 0 Å². The van der Waals surface area contributed by atoms with Crippen LogP contribution >= 0.6 is 0 Å². The number of Topliss-reactive ketones (excluding diaryl/α,β-unsaturated/α-hetero) is 3. The van der Waals surface area contributed by atoms with Crippen LogP contribution in [0.4, 0.5) is 0 Å². The highest BCUT2D eigenvalue weighted by Gasteiger charge is 2.23. The molecule has 0 amide bonds. The molecular weight excluding hydrogens is 526 g/mol. The lowest BCUT2D eigenvalue weighted by molar-refractivity contribution is -0.121. The van der Waals surface area contributed by atoms with E-state index in [2.05, 4.69) is 6.92 Å². The molecule has 0 aliphatic rings. The smallest absolute Gasteiger partial charge is 0.166 e. The van der Waals surface area contributed by atoms with Crippen LogP contribution in [0.1, 0.15) is 119 Å². The Morgan fingerprint density at radius 3 is 1.98 bits per heavy atom. The van der Waals surface area contributed by atoms with Gasteiger partial charge in [0.05, 0.1) is 18.6 Å². The second kappa shape index (κ2) is 25.1. The maximum absolute atomic E-state index is 12.9. The first-order chi connectivity index (χ1) is 20.1. The first kappa shape index (κ1) is 38.3. The summed E-state index contributed by atoms with van der Waals surface area (Å²) in [7, 11) is 0. The maximum Gasteiger partial charge on any atom is 0.166 e. The van der Waals surface area contributed by atoms with Crippen molar-refractivity contribution < 1.29 is 24.3 Å². The van der Waals surface area contributed by atoms with Crippen LogP contribution in [0.2, 0.25) is 0 Å². The number of hydrogen-bond donors (Lipinski definition) is 1. The minimum Gasteiger partial charge on any atom is -0.392 e. The molecule has 0 radical (unpaired) electrons. The van der Waals surface area contributed by atoms with E-state index in [-0.39, 0.29) is 30.2 Å². The lowest BCUT2D eigenvalue weighted by Gasteiger charge is -2.15. The van der Waals surface area contributed by atoms with Gasteiger partial charge in [-0.3, -0.25) is 19.2 Å². The van der Waals surface area contributed by atoms with Crippen LogP contribution in [0.15, 0.2) is 72.3 Å². The van der Waals surface area contributed by atoms with Crippen molar-refractivity contribution in [3.05, 3.63) is 83.4 Å². The predicted octanol–water partition coefficient (Wildman–Crippen LogP) is 8.29. The second-order valence-electron chi connectivity index (χ2n) is 10.6. The Hall–Kier alpha value is -3.69. The van der Waals surface area contributed by atoms with E-state index in [0.29, 0.717) is 37.7 Å². The summed E-state index contributed by atoms with van der Waals surface area (Å²) in [6, 6.07) is 20.0. The molecule has 2 atom stereocenters. The van der Waals surface area contributed by atoms with Crippen LogP contribution in [0.25, 0.3) is 0 Å². The topological polar surface area (TPSA) is 112 Å². The van der Waals surface area contributed by atoms with Crippen LogP contribution in [0.5, 0.6) is 0 Å². The van der Waals surface area contributed by atoms with Gasteiger partial charge in [-0.25, -0.2) is 0 Å². The first-order valence-electron chi connectivity index (χ1n) is 15.0. The SMILES string of the molecule is CC(O)CC#N.CCCCCCC(=O)CCC(CC(=O)CCC=C(C)C)C(=O)c1ccccc1.O=Cc1ccccc1. The number of unbranched alkanes of at least 4 members (excludes halogenated alkanes) is 3. The maximum atomic E-state index is 12.9. The van der Waals surface area contributed by atoms with E-state index in [9.17, 15) is 19.2 Å². The second-order valence-corrected chi connectivity index (χ2v) is 10.6. The average molecular weight is 576 g/mol. The number of nitriles is 1. The predicted molar refractivity (Wildman–Crippen MR) is 169 cm³/mol. The molecule has 6 heteroatoms. The number of benzene rings is 2. The van der Waals surface area contributed by atoms with Crippen LogP contribution in [0, 0.1) is 17.2 Å². The van der Waals surface area contributed by atoms with E-state index in [1.807, 2.05) is 62.4 Å². The summed E-state index contributed by atoms with van der Waals surface area (Å²) in [5, 5.41) is 16.2. The number of nitrogens with zero attached hydrogens (tertiary/aromatic N) is 1. The molecular formula is C36H49NO5. The molecule has 0 saturated heterocycles. The first-order valence-corrected chi connectivity index (χ1v) is 15.0. The number of aliphatic hydroxyl groups is 1. The molecule has 2 rings (SSSR count). The molecule has 2 aromatic carbocycles. The van der Waals surface area contributed by atoms with Crippen molar-refractivity contribution >= 4 is 23.6 Å². The molecule has 6 nitrogen and oxygen atoms in total. The van der Waals surface area contributed by atoms with Gasteiger partial charge >= 0.3 is 0 Å². The fourth-order valence-electron chi connectivity index (χ4n) is 3.94. The third-order valence-corrected chi connectivity index (χ3v) is 6.28. The molecule has 0 saturated carbocycles. The van der Waals surface area contributed by atoms with Gasteiger partial charge in [0.25, 0.3) is 0 Å². The van der Waals surface area contributed by atoms with Gasteiger partial charge in [-0.15, -0.1) is 0 Å². The molecule has 0 bridgehead atoms.